The zero-order valence-corrected chi connectivity index (χ0v) is 15.1. The van der Waals surface area contributed by atoms with E-state index in [0.29, 0.717) is 23.7 Å². The third-order valence-electron chi connectivity index (χ3n) is 3.52. The summed E-state index contributed by atoms with van der Waals surface area (Å²) in [5.41, 5.74) is 1.15. The molecule has 1 saturated heterocycles. The Balaban J connectivity index is 3.02. The van der Waals surface area contributed by atoms with Crippen molar-refractivity contribution < 1.29 is 4.79 Å². The monoisotopic (exact) mass is 338 g/mol. The lowest BCUT2D eigenvalue weighted by Crippen LogP contribution is -2.28. The molecule has 0 unspecified atom stereocenters. The number of likely N-dealkylation sites (tertiary alicyclic amines) is 1. The smallest absolute Gasteiger partial charge is 0.254 e. The molecule has 0 atom stereocenters. The third kappa shape index (κ3) is 6.57. The highest BCUT2D eigenvalue weighted by molar-refractivity contribution is 6.17. The van der Waals surface area contributed by atoms with Crippen LogP contribution in [0.2, 0.25) is 0 Å². The molecular weight excluding hydrogens is 312 g/mol. The normalized spacial score (nSPS) is 17.2. The first-order chi connectivity index (χ1) is 11.1. The van der Waals surface area contributed by atoms with Crippen LogP contribution in [0.5, 0.6) is 0 Å². The number of halogens is 1. The standard InChI is InChI=1S/C17H27ClN4O/c1-4-8-16(22-11-5-6-12-22)21-14(2)15(13-19-3)17(23)20-10-7-9-18/h4,8,13H,5-7,9-12H2,1-3H3,(H,20,23)/b8-4-,15-14-,19-13?,21-16+. The molecule has 1 aliphatic rings. The maximum Gasteiger partial charge on any atom is 0.254 e. The summed E-state index contributed by atoms with van der Waals surface area (Å²) >= 11 is 5.64. The predicted molar refractivity (Wildman–Crippen MR) is 98.5 cm³/mol. The number of alkyl halides is 1. The van der Waals surface area contributed by atoms with E-state index in [4.69, 9.17) is 11.6 Å². The molecule has 0 aromatic rings. The molecule has 6 heteroatoms. The van der Waals surface area contributed by atoms with Gasteiger partial charge in [-0.3, -0.25) is 9.79 Å². The van der Waals surface area contributed by atoms with Crippen molar-refractivity contribution in [3.63, 3.8) is 0 Å². The Hall–Kier alpha value is -1.62. The van der Waals surface area contributed by atoms with Crippen LogP contribution < -0.4 is 5.32 Å². The van der Waals surface area contributed by atoms with Gasteiger partial charge in [0.1, 0.15) is 5.84 Å². The maximum atomic E-state index is 12.3. The number of carbonyl (C=O) groups is 1. The molecule has 1 rings (SSSR count). The molecule has 23 heavy (non-hydrogen) atoms. The molecule has 1 aliphatic heterocycles. The molecule has 0 saturated carbocycles. The van der Waals surface area contributed by atoms with E-state index in [9.17, 15) is 4.79 Å². The number of aliphatic imine (C=N–C) groups is 2. The van der Waals surface area contributed by atoms with Crippen molar-refractivity contribution >= 4 is 29.6 Å². The fourth-order valence-electron chi connectivity index (χ4n) is 2.35. The van der Waals surface area contributed by atoms with Gasteiger partial charge in [0.15, 0.2) is 0 Å². The lowest BCUT2D eigenvalue weighted by molar-refractivity contribution is -0.117. The zero-order chi connectivity index (χ0) is 17.1. The van der Waals surface area contributed by atoms with Crippen molar-refractivity contribution in [2.24, 2.45) is 9.98 Å². The van der Waals surface area contributed by atoms with Crippen LogP contribution in [0, 0.1) is 0 Å². The average Bonchev–Trinajstić information content (AvgIpc) is 3.06. The molecule has 5 nitrogen and oxygen atoms in total. The summed E-state index contributed by atoms with van der Waals surface area (Å²) in [6, 6.07) is 0. The number of nitrogens with zero attached hydrogens (tertiary/aromatic N) is 3. The van der Waals surface area contributed by atoms with Gasteiger partial charge >= 0.3 is 0 Å². The minimum atomic E-state index is -0.164. The number of rotatable bonds is 7. The molecule has 0 aromatic carbocycles. The van der Waals surface area contributed by atoms with Gasteiger partial charge < -0.3 is 10.2 Å². The highest BCUT2D eigenvalue weighted by atomic mass is 35.5. The van der Waals surface area contributed by atoms with Gasteiger partial charge in [-0.05, 0) is 39.2 Å². The zero-order valence-electron chi connectivity index (χ0n) is 14.3. The number of amides is 1. The van der Waals surface area contributed by atoms with Crippen LogP contribution in [0.4, 0.5) is 0 Å². The van der Waals surface area contributed by atoms with Crippen LogP contribution in [0.1, 0.15) is 33.1 Å². The summed E-state index contributed by atoms with van der Waals surface area (Å²) in [5.74, 6) is 1.26. The molecule has 1 N–H and O–H groups in total. The summed E-state index contributed by atoms with van der Waals surface area (Å²) in [4.78, 5) is 23.2. The van der Waals surface area contributed by atoms with Gasteiger partial charge in [-0.15, -0.1) is 11.6 Å². The molecule has 0 aromatic heterocycles. The molecule has 1 amide bonds. The van der Waals surface area contributed by atoms with E-state index in [1.807, 2.05) is 26.0 Å². The Labute approximate surface area is 144 Å². The minimum Gasteiger partial charge on any atom is -0.357 e. The van der Waals surface area contributed by atoms with E-state index < -0.39 is 0 Å². The predicted octanol–water partition coefficient (Wildman–Crippen LogP) is 2.78. The summed E-state index contributed by atoms with van der Waals surface area (Å²) in [5, 5.41) is 2.85. The fraction of sp³-hybridized carbons (Fsp3) is 0.588. The number of nitrogens with one attached hydrogen (secondary N) is 1. The Bertz CT molecular complexity index is 503. The lowest BCUT2D eigenvalue weighted by atomic mass is 10.2. The number of hydrogen-bond acceptors (Lipinski definition) is 3. The van der Waals surface area contributed by atoms with E-state index >= 15 is 0 Å². The average molecular weight is 339 g/mol. The molecule has 1 fully saturated rings. The van der Waals surface area contributed by atoms with Gasteiger partial charge in [0.25, 0.3) is 5.91 Å². The second kappa shape index (κ2) is 11.0. The van der Waals surface area contributed by atoms with Gasteiger partial charge in [0.2, 0.25) is 0 Å². The Morgan fingerprint density at radius 2 is 2.04 bits per heavy atom. The summed E-state index contributed by atoms with van der Waals surface area (Å²) in [6.45, 7) is 6.38. The van der Waals surface area contributed by atoms with Crippen LogP contribution in [0.15, 0.2) is 33.4 Å². The first-order valence-corrected chi connectivity index (χ1v) is 8.61. The summed E-state index contributed by atoms with van der Waals surface area (Å²) < 4.78 is 0. The molecule has 0 radical (unpaired) electrons. The summed E-state index contributed by atoms with van der Waals surface area (Å²) in [7, 11) is 1.65. The molecule has 128 valence electrons. The van der Waals surface area contributed by atoms with E-state index in [1.165, 1.54) is 12.8 Å². The van der Waals surface area contributed by atoms with Crippen LogP contribution in [-0.2, 0) is 4.79 Å². The van der Waals surface area contributed by atoms with Crippen molar-refractivity contribution in [2.45, 2.75) is 33.1 Å². The number of hydrogen-bond donors (Lipinski definition) is 1. The van der Waals surface area contributed by atoms with E-state index in [2.05, 4.69) is 20.2 Å². The van der Waals surface area contributed by atoms with Crippen molar-refractivity contribution in [1.82, 2.24) is 10.2 Å². The quantitative estimate of drug-likeness (QED) is 0.255. The van der Waals surface area contributed by atoms with Gasteiger partial charge in [0.05, 0.1) is 11.3 Å². The van der Waals surface area contributed by atoms with E-state index in [-0.39, 0.29) is 5.91 Å². The van der Waals surface area contributed by atoms with Crippen molar-refractivity contribution in [2.75, 3.05) is 32.6 Å². The Morgan fingerprint density at radius 1 is 1.35 bits per heavy atom. The number of amidine groups is 1. The highest BCUT2D eigenvalue weighted by Gasteiger charge is 2.16. The van der Waals surface area contributed by atoms with Crippen molar-refractivity contribution in [3.05, 3.63) is 23.4 Å². The largest absolute Gasteiger partial charge is 0.357 e. The SMILES string of the molecule is C\C=C/C(=N\C(C)=C(\C=NC)C(=O)NCCCCl)N1CCCC1. The highest BCUT2D eigenvalue weighted by Crippen LogP contribution is 2.12. The second-order valence-corrected chi connectivity index (χ2v) is 5.73. The Morgan fingerprint density at radius 3 is 2.61 bits per heavy atom. The summed E-state index contributed by atoms with van der Waals surface area (Å²) in [6.07, 6.45) is 8.62. The number of allylic oxidation sites excluding steroid dienone is 2. The molecule has 0 bridgehead atoms. The van der Waals surface area contributed by atoms with Crippen molar-refractivity contribution in [1.29, 1.82) is 0 Å². The van der Waals surface area contributed by atoms with Crippen LogP contribution in [0.25, 0.3) is 0 Å². The topological polar surface area (TPSA) is 57.1 Å². The first kappa shape index (κ1) is 19.4. The van der Waals surface area contributed by atoms with Gasteiger partial charge in [-0.2, -0.15) is 0 Å². The lowest BCUT2D eigenvalue weighted by Gasteiger charge is -2.18. The molecular formula is C17H27ClN4O. The van der Waals surface area contributed by atoms with Gasteiger partial charge in [0, 0.05) is 38.8 Å². The molecule has 0 spiro atoms. The van der Waals surface area contributed by atoms with Crippen molar-refractivity contribution in [3.8, 4) is 0 Å². The third-order valence-corrected chi connectivity index (χ3v) is 3.78. The second-order valence-electron chi connectivity index (χ2n) is 5.35. The van der Waals surface area contributed by atoms with Gasteiger partial charge in [-0.1, -0.05) is 6.08 Å². The van der Waals surface area contributed by atoms with E-state index in [0.717, 1.165) is 25.3 Å². The first-order valence-electron chi connectivity index (χ1n) is 8.07. The van der Waals surface area contributed by atoms with E-state index in [1.54, 1.807) is 13.3 Å². The van der Waals surface area contributed by atoms with Gasteiger partial charge in [-0.25, -0.2) is 4.99 Å². The van der Waals surface area contributed by atoms with Crippen LogP contribution in [0.3, 0.4) is 0 Å². The Kier molecular flexibility index (Phi) is 9.29. The van der Waals surface area contributed by atoms with Crippen LogP contribution >= 0.6 is 11.6 Å². The minimum absolute atomic E-state index is 0.164. The molecule has 0 aliphatic carbocycles. The fourth-order valence-corrected chi connectivity index (χ4v) is 2.48. The molecule has 1 heterocycles. The van der Waals surface area contributed by atoms with Crippen LogP contribution in [-0.4, -0.2) is 55.4 Å². The maximum absolute atomic E-state index is 12.3. The number of carbonyl (C=O) groups excluding carboxylic acids is 1.